The highest BCUT2D eigenvalue weighted by atomic mass is 16.5. The highest BCUT2D eigenvalue weighted by Gasteiger charge is 2.40. The third-order valence-electron chi connectivity index (χ3n) is 5.73. The number of cyclic esters (lactones) is 1. The lowest BCUT2D eigenvalue weighted by molar-refractivity contribution is -0.150. The molecule has 2 aliphatic heterocycles. The molecule has 0 aromatic heterocycles. The molecule has 0 bridgehead atoms. The number of carbonyl (C=O) groups is 3. The number of rotatable bonds is 1. The predicted molar refractivity (Wildman–Crippen MR) is 117 cm³/mol. The molecule has 2 heterocycles. The fraction of sp³-hybridized carbons (Fsp3) is 0.696. The summed E-state index contributed by atoms with van der Waals surface area (Å²) in [7, 11) is 1.73. The first kappa shape index (κ1) is 24.1. The molecule has 0 aromatic rings. The number of nitrogens with zero attached hydrogens (tertiary/aromatic N) is 2. The molecule has 1 saturated heterocycles. The van der Waals surface area contributed by atoms with Gasteiger partial charge in [0.25, 0.3) is 0 Å². The summed E-state index contributed by atoms with van der Waals surface area (Å²) < 4.78 is 5.60. The number of fused-ring (bicyclic) bond motifs is 1. The van der Waals surface area contributed by atoms with Crippen LogP contribution in [-0.2, 0) is 19.1 Å². The molecule has 0 aromatic carbocycles. The van der Waals surface area contributed by atoms with Crippen LogP contribution in [0.2, 0.25) is 0 Å². The zero-order chi connectivity index (χ0) is 22.3. The fourth-order valence-electron chi connectivity index (χ4n) is 4.14. The number of amides is 2. The fourth-order valence-corrected chi connectivity index (χ4v) is 4.14. The lowest BCUT2D eigenvalue weighted by Gasteiger charge is -2.33. The van der Waals surface area contributed by atoms with Gasteiger partial charge in [-0.2, -0.15) is 0 Å². The van der Waals surface area contributed by atoms with E-state index in [1.54, 1.807) is 11.9 Å². The maximum absolute atomic E-state index is 12.9. The minimum Gasteiger partial charge on any atom is -0.460 e. The average Bonchev–Trinajstić information content (AvgIpc) is 3.15. The van der Waals surface area contributed by atoms with E-state index in [1.807, 2.05) is 31.7 Å². The van der Waals surface area contributed by atoms with Crippen LogP contribution in [0.5, 0.6) is 0 Å². The SMILES string of the molecule is C/C1=C\C(C)C/C=C\CN(C)C(=O)CNC(=O)C(C(C)C)N2CCCC2C(=O)OC1. The summed E-state index contributed by atoms with van der Waals surface area (Å²) in [5, 5.41) is 2.78. The molecule has 1 N–H and O–H groups in total. The first-order valence-electron chi connectivity index (χ1n) is 11.0. The molecule has 3 unspecified atom stereocenters. The topological polar surface area (TPSA) is 79.0 Å². The Hall–Kier alpha value is -2.15. The van der Waals surface area contributed by atoms with E-state index in [4.69, 9.17) is 4.74 Å². The zero-order valence-corrected chi connectivity index (χ0v) is 19.0. The quantitative estimate of drug-likeness (QED) is 0.520. The summed E-state index contributed by atoms with van der Waals surface area (Å²) in [6.07, 6.45) is 8.50. The van der Waals surface area contributed by atoms with Gasteiger partial charge in [-0.25, -0.2) is 0 Å². The molecule has 0 spiro atoms. The van der Waals surface area contributed by atoms with Crippen molar-refractivity contribution in [2.45, 2.75) is 59.0 Å². The number of ether oxygens (including phenoxy) is 1. The summed E-state index contributed by atoms with van der Waals surface area (Å²) in [6, 6.07) is -0.896. The summed E-state index contributed by atoms with van der Waals surface area (Å²) in [5.74, 6) is -0.316. The van der Waals surface area contributed by atoms with Crippen LogP contribution >= 0.6 is 0 Å². The molecule has 2 rings (SSSR count). The van der Waals surface area contributed by atoms with Gasteiger partial charge in [0.2, 0.25) is 11.8 Å². The van der Waals surface area contributed by atoms with E-state index in [-0.39, 0.29) is 36.9 Å². The standard InChI is InChI=1S/C23H37N3O4/c1-16(2)21-22(28)24-14-20(27)25(5)11-7-6-9-17(3)13-18(4)15-30-23(29)19-10-8-12-26(19)21/h6-7,13,16-17,19,21H,8-12,14-15H2,1-5H3,(H,24,28)/b7-6-,18-13+. The van der Waals surface area contributed by atoms with Crippen molar-refractivity contribution >= 4 is 17.8 Å². The summed E-state index contributed by atoms with van der Waals surface area (Å²) in [4.78, 5) is 41.7. The van der Waals surface area contributed by atoms with Gasteiger partial charge in [0, 0.05) is 13.6 Å². The van der Waals surface area contributed by atoms with Gasteiger partial charge in [-0.15, -0.1) is 0 Å². The van der Waals surface area contributed by atoms with Crippen LogP contribution in [-0.4, -0.2) is 73.0 Å². The largest absolute Gasteiger partial charge is 0.460 e. The lowest BCUT2D eigenvalue weighted by Crippen LogP contribution is -2.54. The molecule has 2 aliphatic rings. The molecule has 3 atom stereocenters. The van der Waals surface area contributed by atoms with E-state index < -0.39 is 12.1 Å². The van der Waals surface area contributed by atoms with Crippen molar-refractivity contribution in [3.63, 3.8) is 0 Å². The number of hydrogen-bond donors (Lipinski definition) is 1. The van der Waals surface area contributed by atoms with Crippen LogP contribution in [0.1, 0.15) is 47.0 Å². The van der Waals surface area contributed by atoms with Crippen molar-refractivity contribution in [1.82, 2.24) is 15.1 Å². The number of allylic oxidation sites excluding steroid dienone is 2. The zero-order valence-electron chi connectivity index (χ0n) is 19.0. The smallest absolute Gasteiger partial charge is 0.323 e. The van der Waals surface area contributed by atoms with E-state index >= 15 is 0 Å². The first-order valence-corrected chi connectivity index (χ1v) is 11.0. The van der Waals surface area contributed by atoms with Crippen molar-refractivity contribution in [3.05, 3.63) is 23.8 Å². The second kappa shape index (κ2) is 11.3. The van der Waals surface area contributed by atoms with E-state index in [9.17, 15) is 14.4 Å². The Bertz CT molecular complexity index is 686. The van der Waals surface area contributed by atoms with Gasteiger partial charge < -0.3 is 15.0 Å². The Labute approximate surface area is 180 Å². The van der Waals surface area contributed by atoms with E-state index in [2.05, 4.69) is 24.4 Å². The minimum absolute atomic E-state index is 0.00208. The van der Waals surface area contributed by atoms with Crippen LogP contribution in [0, 0.1) is 11.8 Å². The van der Waals surface area contributed by atoms with Crippen molar-refractivity contribution in [2.75, 3.05) is 33.3 Å². The van der Waals surface area contributed by atoms with Crippen LogP contribution < -0.4 is 5.32 Å². The molecule has 168 valence electrons. The van der Waals surface area contributed by atoms with Crippen molar-refractivity contribution in [1.29, 1.82) is 0 Å². The van der Waals surface area contributed by atoms with E-state index in [0.29, 0.717) is 25.4 Å². The van der Waals surface area contributed by atoms with Crippen molar-refractivity contribution in [3.8, 4) is 0 Å². The van der Waals surface area contributed by atoms with Crippen LogP contribution in [0.25, 0.3) is 0 Å². The van der Waals surface area contributed by atoms with Crippen molar-refractivity contribution in [2.24, 2.45) is 11.8 Å². The van der Waals surface area contributed by atoms with E-state index in [1.165, 1.54) is 0 Å². The maximum atomic E-state index is 12.9. The first-order chi connectivity index (χ1) is 14.2. The second-order valence-electron chi connectivity index (χ2n) is 8.88. The highest BCUT2D eigenvalue weighted by Crippen LogP contribution is 2.25. The molecule has 2 amide bonds. The van der Waals surface area contributed by atoms with Gasteiger partial charge >= 0.3 is 5.97 Å². The highest BCUT2D eigenvalue weighted by molar-refractivity contribution is 5.88. The Balaban J connectivity index is 2.23. The number of likely N-dealkylation sites (N-methyl/N-ethyl adjacent to an activating group) is 1. The molecule has 0 radical (unpaired) electrons. The van der Waals surface area contributed by atoms with Gasteiger partial charge in [-0.1, -0.05) is 39.0 Å². The summed E-state index contributed by atoms with van der Waals surface area (Å²) in [6.45, 7) is 9.40. The Morgan fingerprint density at radius 2 is 1.93 bits per heavy atom. The predicted octanol–water partition coefficient (Wildman–Crippen LogP) is 2.14. The molecule has 7 heteroatoms. The van der Waals surface area contributed by atoms with Crippen LogP contribution in [0.3, 0.4) is 0 Å². The third kappa shape index (κ3) is 6.69. The van der Waals surface area contributed by atoms with Crippen LogP contribution in [0.4, 0.5) is 0 Å². The number of esters is 1. The molecule has 30 heavy (non-hydrogen) atoms. The molecule has 1 fully saturated rings. The van der Waals surface area contributed by atoms with E-state index in [0.717, 1.165) is 18.4 Å². The Morgan fingerprint density at radius 3 is 2.63 bits per heavy atom. The lowest BCUT2D eigenvalue weighted by atomic mass is 10.0. The third-order valence-corrected chi connectivity index (χ3v) is 5.73. The monoisotopic (exact) mass is 419 g/mol. The van der Waals surface area contributed by atoms with Crippen molar-refractivity contribution < 1.29 is 19.1 Å². The molecule has 0 aliphatic carbocycles. The average molecular weight is 420 g/mol. The summed E-state index contributed by atoms with van der Waals surface area (Å²) >= 11 is 0. The van der Waals surface area contributed by atoms with Crippen LogP contribution in [0.15, 0.2) is 23.8 Å². The second-order valence-corrected chi connectivity index (χ2v) is 8.88. The number of hydrogen-bond acceptors (Lipinski definition) is 5. The number of carbonyl (C=O) groups excluding carboxylic acids is 3. The molecular weight excluding hydrogens is 382 g/mol. The molecular formula is C23H37N3O4. The van der Waals surface area contributed by atoms with Gasteiger partial charge in [0.05, 0.1) is 12.6 Å². The van der Waals surface area contributed by atoms with Gasteiger partial charge in [0.15, 0.2) is 0 Å². The Kier molecular flexibility index (Phi) is 9.08. The van der Waals surface area contributed by atoms with Gasteiger partial charge in [-0.3, -0.25) is 19.3 Å². The molecule has 7 nitrogen and oxygen atoms in total. The Morgan fingerprint density at radius 1 is 1.20 bits per heavy atom. The molecule has 0 saturated carbocycles. The number of nitrogens with one attached hydrogen (secondary N) is 1. The normalized spacial score (nSPS) is 31.3. The minimum atomic E-state index is -0.474. The van der Waals surface area contributed by atoms with Gasteiger partial charge in [-0.05, 0) is 50.1 Å². The van der Waals surface area contributed by atoms with Gasteiger partial charge in [0.1, 0.15) is 12.6 Å². The maximum Gasteiger partial charge on any atom is 0.323 e. The summed E-state index contributed by atoms with van der Waals surface area (Å²) in [5.41, 5.74) is 1.01.